The summed E-state index contributed by atoms with van der Waals surface area (Å²) in [6.45, 7) is 4.87. The molecule has 0 bridgehead atoms. The lowest BCUT2D eigenvalue weighted by atomic mass is 9.70. The van der Waals surface area contributed by atoms with Crippen molar-refractivity contribution in [3.05, 3.63) is 62.8 Å². The zero-order valence-corrected chi connectivity index (χ0v) is 15.6. The first-order valence-corrected chi connectivity index (χ1v) is 9.50. The summed E-state index contributed by atoms with van der Waals surface area (Å²) in [6, 6.07) is 9.03. The first-order chi connectivity index (χ1) is 10.6. The number of allylic oxidation sites excluding steroid dienone is 6. The highest BCUT2D eigenvalue weighted by Gasteiger charge is 2.44. The Morgan fingerprint density at radius 3 is 2.73 bits per heavy atom. The molecule has 1 heteroatoms. The van der Waals surface area contributed by atoms with Gasteiger partial charge in [0.15, 0.2) is 0 Å². The molecule has 0 saturated heterocycles. The van der Waals surface area contributed by atoms with Crippen LogP contribution in [0.2, 0.25) is 0 Å². The zero-order chi connectivity index (χ0) is 15.3. The number of hydrogen-bond acceptors (Lipinski definition) is 0. The van der Waals surface area contributed by atoms with Crippen LogP contribution in [-0.2, 0) is 5.41 Å². The molecule has 0 amide bonds. The summed E-state index contributed by atoms with van der Waals surface area (Å²) in [6.07, 6.45) is 12.4. The quantitative estimate of drug-likeness (QED) is 0.475. The molecule has 2 unspecified atom stereocenters. The standard InChI is InChI=1S/C21H23I/c1-21(2)19-6-4-3-5-17(19)18-12-9-15(13-20(18)21)14-7-10-16(22)11-8-14/h3-6,9-10,12,14,20H,7-8,11,13H2,1-2H3. The fourth-order valence-electron chi connectivity index (χ4n) is 4.57. The van der Waals surface area contributed by atoms with Gasteiger partial charge >= 0.3 is 0 Å². The summed E-state index contributed by atoms with van der Waals surface area (Å²) in [5, 5.41) is 0. The Bertz CT molecular complexity index is 702. The lowest BCUT2D eigenvalue weighted by Crippen LogP contribution is -2.26. The molecule has 3 aliphatic carbocycles. The Morgan fingerprint density at radius 2 is 1.95 bits per heavy atom. The van der Waals surface area contributed by atoms with Crippen molar-refractivity contribution in [2.75, 3.05) is 0 Å². The Labute approximate surface area is 147 Å². The molecular formula is C21H23I. The number of hydrogen-bond donors (Lipinski definition) is 0. The van der Waals surface area contributed by atoms with Gasteiger partial charge in [0.25, 0.3) is 0 Å². The van der Waals surface area contributed by atoms with Crippen LogP contribution in [0.4, 0.5) is 0 Å². The van der Waals surface area contributed by atoms with Gasteiger partial charge in [-0.2, -0.15) is 0 Å². The van der Waals surface area contributed by atoms with E-state index in [9.17, 15) is 0 Å². The van der Waals surface area contributed by atoms with Crippen LogP contribution in [-0.4, -0.2) is 0 Å². The van der Waals surface area contributed by atoms with Crippen molar-refractivity contribution >= 4 is 28.2 Å². The maximum absolute atomic E-state index is 2.50. The molecule has 4 rings (SSSR count). The maximum atomic E-state index is 2.50. The van der Waals surface area contributed by atoms with E-state index in [0.717, 1.165) is 5.92 Å². The van der Waals surface area contributed by atoms with Crippen molar-refractivity contribution in [2.24, 2.45) is 11.8 Å². The van der Waals surface area contributed by atoms with Gasteiger partial charge in [-0.25, -0.2) is 0 Å². The monoisotopic (exact) mass is 402 g/mol. The maximum Gasteiger partial charge on any atom is -0.00256 e. The van der Waals surface area contributed by atoms with Gasteiger partial charge in [0.1, 0.15) is 0 Å². The topological polar surface area (TPSA) is 0 Å². The smallest absolute Gasteiger partial charge is 0.00256 e. The molecule has 0 spiro atoms. The van der Waals surface area contributed by atoms with Crippen LogP contribution in [0.15, 0.2) is 51.6 Å². The van der Waals surface area contributed by atoms with E-state index in [1.807, 2.05) is 0 Å². The average Bonchev–Trinajstić information content (AvgIpc) is 2.77. The van der Waals surface area contributed by atoms with Crippen LogP contribution < -0.4 is 0 Å². The van der Waals surface area contributed by atoms with Crippen LogP contribution >= 0.6 is 22.6 Å². The highest BCUT2D eigenvalue weighted by Crippen LogP contribution is 2.54. The molecule has 114 valence electrons. The summed E-state index contributed by atoms with van der Waals surface area (Å²) < 4.78 is 1.55. The second kappa shape index (κ2) is 5.36. The van der Waals surface area contributed by atoms with Crippen LogP contribution in [0.1, 0.15) is 50.7 Å². The Morgan fingerprint density at radius 1 is 1.14 bits per heavy atom. The van der Waals surface area contributed by atoms with E-state index in [-0.39, 0.29) is 5.41 Å². The van der Waals surface area contributed by atoms with Crippen LogP contribution in [0.25, 0.3) is 5.57 Å². The molecule has 0 N–H and O–H groups in total. The molecule has 1 aromatic carbocycles. The van der Waals surface area contributed by atoms with E-state index in [1.54, 1.807) is 20.3 Å². The molecule has 0 aromatic heterocycles. The molecule has 3 aliphatic rings. The van der Waals surface area contributed by atoms with Gasteiger partial charge < -0.3 is 0 Å². The van der Waals surface area contributed by atoms with E-state index >= 15 is 0 Å². The predicted octanol–water partition coefficient (Wildman–Crippen LogP) is 6.43. The van der Waals surface area contributed by atoms with Gasteiger partial charge in [0.05, 0.1) is 0 Å². The average molecular weight is 402 g/mol. The fourth-order valence-corrected chi connectivity index (χ4v) is 5.14. The van der Waals surface area contributed by atoms with Crippen molar-refractivity contribution < 1.29 is 0 Å². The van der Waals surface area contributed by atoms with E-state index in [0.29, 0.717) is 5.92 Å². The lowest BCUT2D eigenvalue weighted by molar-refractivity contribution is 0.387. The minimum atomic E-state index is 0.265. The minimum Gasteiger partial charge on any atom is -0.0746 e. The summed E-state index contributed by atoms with van der Waals surface area (Å²) in [5.41, 5.74) is 6.56. The summed E-state index contributed by atoms with van der Waals surface area (Å²) >= 11 is 2.50. The van der Waals surface area contributed by atoms with Gasteiger partial charge in [-0.1, -0.05) is 61.9 Å². The highest BCUT2D eigenvalue weighted by atomic mass is 127. The Kier molecular flexibility index (Phi) is 3.60. The summed E-state index contributed by atoms with van der Waals surface area (Å²) in [5.74, 6) is 1.44. The first kappa shape index (κ1) is 14.7. The zero-order valence-electron chi connectivity index (χ0n) is 13.4. The summed E-state index contributed by atoms with van der Waals surface area (Å²) in [4.78, 5) is 0. The molecule has 0 saturated carbocycles. The van der Waals surface area contributed by atoms with Crippen LogP contribution in [0.5, 0.6) is 0 Å². The molecule has 0 aliphatic heterocycles. The third-order valence-electron chi connectivity index (χ3n) is 5.98. The van der Waals surface area contributed by atoms with E-state index in [4.69, 9.17) is 0 Å². The second-order valence-electron chi connectivity index (χ2n) is 7.51. The van der Waals surface area contributed by atoms with Crippen LogP contribution in [0.3, 0.4) is 0 Å². The van der Waals surface area contributed by atoms with Gasteiger partial charge in [-0.15, -0.1) is 0 Å². The normalized spacial score (nSPS) is 29.1. The molecule has 22 heavy (non-hydrogen) atoms. The van der Waals surface area contributed by atoms with Crippen molar-refractivity contribution in [3.8, 4) is 0 Å². The third kappa shape index (κ3) is 2.24. The fraction of sp³-hybridized carbons (Fsp3) is 0.429. The van der Waals surface area contributed by atoms with Gasteiger partial charge in [0.2, 0.25) is 0 Å². The Hall–Kier alpha value is -0.830. The minimum absolute atomic E-state index is 0.265. The van der Waals surface area contributed by atoms with Crippen molar-refractivity contribution in [1.29, 1.82) is 0 Å². The molecule has 0 heterocycles. The highest BCUT2D eigenvalue weighted by molar-refractivity contribution is 14.1. The number of halogens is 1. The number of benzene rings is 1. The van der Waals surface area contributed by atoms with E-state index < -0.39 is 0 Å². The molecule has 0 nitrogen and oxygen atoms in total. The van der Waals surface area contributed by atoms with E-state index in [1.165, 1.54) is 31.2 Å². The summed E-state index contributed by atoms with van der Waals surface area (Å²) in [7, 11) is 0. The van der Waals surface area contributed by atoms with Crippen molar-refractivity contribution in [2.45, 2.75) is 44.9 Å². The van der Waals surface area contributed by atoms with Crippen molar-refractivity contribution in [1.82, 2.24) is 0 Å². The number of fused-ring (bicyclic) bond motifs is 3. The van der Waals surface area contributed by atoms with Gasteiger partial charge in [0, 0.05) is 0 Å². The predicted molar refractivity (Wildman–Crippen MR) is 103 cm³/mol. The first-order valence-electron chi connectivity index (χ1n) is 8.42. The van der Waals surface area contributed by atoms with E-state index in [2.05, 4.69) is 78.9 Å². The molecule has 0 fully saturated rings. The molecular weight excluding hydrogens is 379 g/mol. The molecule has 1 aromatic rings. The number of rotatable bonds is 1. The van der Waals surface area contributed by atoms with Gasteiger partial charge in [-0.3, -0.25) is 0 Å². The van der Waals surface area contributed by atoms with Crippen LogP contribution in [0, 0.1) is 11.8 Å². The Balaban J connectivity index is 1.69. The molecule has 2 atom stereocenters. The third-order valence-corrected chi connectivity index (χ3v) is 6.96. The lowest BCUT2D eigenvalue weighted by Gasteiger charge is -2.34. The largest absolute Gasteiger partial charge is 0.0746 e. The SMILES string of the molecule is CC1(C)c2ccccc2C2=CC=C(C3CC=C(I)CC3)CC21. The molecule has 0 radical (unpaired) electrons. The van der Waals surface area contributed by atoms with Gasteiger partial charge in [-0.05, 0) is 85.8 Å². The second-order valence-corrected chi connectivity index (χ2v) is 8.90. The van der Waals surface area contributed by atoms with Crippen molar-refractivity contribution in [3.63, 3.8) is 0 Å².